The Labute approximate surface area is 179 Å². The molecule has 2 aromatic carbocycles. The summed E-state index contributed by atoms with van der Waals surface area (Å²) in [4.78, 5) is 11.3. The first-order valence-electron chi connectivity index (χ1n) is 9.41. The minimum atomic E-state index is -4.07. The number of esters is 1. The molecule has 0 N–H and O–H groups in total. The summed E-state index contributed by atoms with van der Waals surface area (Å²) in [5, 5.41) is 0.372. The number of allylic oxidation sites excluding steroid dienone is 1. The van der Waals surface area contributed by atoms with Crippen LogP contribution in [-0.2, 0) is 24.1 Å². The number of methoxy groups -OCH3 is 1. The average molecular weight is 455 g/mol. The van der Waals surface area contributed by atoms with Gasteiger partial charge in [-0.1, -0.05) is 17.7 Å². The Morgan fingerprint density at radius 3 is 2.37 bits per heavy atom. The average Bonchev–Trinajstić information content (AvgIpc) is 2.74. The third-order valence-electron chi connectivity index (χ3n) is 5.60. The van der Waals surface area contributed by atoms with Crippen LogP contribution in [0, 0.1) is 17.6 Å². The molecule has 0 radical (unpaired) electrons. The van der Waals surface area contributed by atoms with Gasteiger partial charge in [0.1, 0.15) is 16.4 Å². The van der Waals surface area contributed by atoms with Crippen molar-refractivity contribution in [3.63, 3.8) is 0 Å². The molecule has 1 fully saturated rings. The van der Waals surface area contributed by atoms with Gasteiger partial charge in [-0.3, -0.25) is 0 Å². The van der Waals surface area contributed by atoms with Crippen LogP contribution in [0.2, 0.25) is 5.02 Å². The Bertz CT molecular complexity index is 1060. The second-order valence-electron chi connectivity index (χ2n) is 7.30. The predicted octanol–water partition coefficient (Wildman–Crippen LogP) is 5.21. The Morgan fingerprint density at radius 1 is 1.13 bits per heavy atom. The van der Waals surface area contributed by atoms with Crippen LogP contribution >= 0.6 is 11.6 Å². The van der Waals surface area contributed by atoms with Gasteiger partial charge in [0.15, 0.2) is 9.84 Å². The molecule has 8 heteroatoms. The molecule has 0 saturated heterocycles. The fraction of sp³-hybridized carbons (Fsp3) is 0.318. The number of carbonyl (C=O) groups is 1. The zero-order chi connectivity index (χ0) is 21.9. The summed E-state index contributed by atoms with van der Waals surface area (Å²) in [6.07, 6.45) is 3.90. The van der Waals surface area contributed by atoms with Crippen LogP contribution < -0.4 is 0 Å². The summed E-state index contributed by atoms with van der Waals surface area (Å²) in [5.74, 6) is -2.05. The van der Waals surface area contributed by atoms with Crippen molar-refractivity contribution in [2.24, 2.45) is 5.92 Å². The molecule has 3 rings (SSSR count). The largest absolute Gasteiger partial charge is 0.466 e. The van der Waals surface area contributed by atoms with E-state index < -0.39 is 32.2 Å². The third kappa shape index (κ3) is 4.27. The molecule has 0 aromatic heterocycles. The highest BCUT2D eigenvalue weighted by Gasteiger charge is 2.49. The molecule has 1 aliphatic rings. The molecule has 0 bridgehead atoms. The van der Waals surface area contributed by atoms with E-state index in [4.69, 9.17) is 11.6 Å². The van der Waals surface area contributed by atoms with Gasteiger partial charge in [0.2, 0.25) is 0 Å². The van der Waals surface area contributed by atoms with Gasteiger partial charge in [-0.25, -0.2) is 22.0 Å². The van der Waals surface area contributed by atoms with Crippen LogP contribution in [0.25, 0.3) is 0 Å². The van der Waals surface area contributed by atoms with Gasteiger partial charge >= 0.3 is 5.97 Å². The molecule has 0 amide bonds. The van der Waals surface area contributed by atoms with E-state index in [-0.39, 0.29) is 29.2 Å². The van der Waals surface area contributed by atoms with Gasteiger partial charge in [0, 0.05) is 16.7 Å². The van der Waals surface area contributed by atoms with E-state index in [9.17, 15) is 22.0 Å². The Morgan fingerprint density at radius 2 is 1.77 bits per heavy atom. The van der Waals surface area contributed by atoms with E-state index in [0.29, 0.717) is 17.9 Å². The van der Waals surface area contributed by atoms with E-state index in [1.165, 1.54) is 37.5 Å². The smallest absolute Gasteiger partial charge is 0.330 e. The Balaban J connectivity index is 2.06. The number of sulfone groups is 1. The standard InChI is InChI=1S/C22H21ClF2O4S/c1-29-21(26)9-2-15-10-12-22(13-11-15,19-14-17(24)5-8-20(19)25)30(27,28)18-6-3-16(23)4-7-18/h2-9,14-15H,10-13H2,1H3/b9-2+/t15-,22+. The normalized spacial score (nSPS) is 22.2. The van der Waals surface area contributed by atoms with Crippen LogP contribution in [-0.4, -0.2) is 21.5 Å². The zero-order valence-corrected chi connectivity index (χ0v) is 17.8. The molecule has 30 heavy (non-hydrogen) atoms. The van der Waals surface area contributed by atoms with Crippen molar-refractivity contribution in [3.8, 4) is 0 Å². The maximum Gasteiger partial charge on any atom is 0.330 e. The SMILES string of the molecule is COC(=O)/C=C/[C@H]1CC[C@@](c2cc(F)ccc2F)(S(=O)(=O)c2ccc(Cl)cc2)CC1. The number of hydrogen-bond acceptors (Lipinski definition) is 4. The first kappa shape index (κ1) is 22.4. The van der Waals surface area contributed by atoms with Gasteiger partial charge in [-0.05, 0) is 74.1 Å². The third-order valence-corrected chi connectivity index (χ3v) is 8.40. The Kier molecular flexibility index (Phi) is 6.62. The van der Waals surface area contributed by atoms with E-state index in [1.807, 2.05) is 0 Å². The van der Waals surface area contributed by atoms with Gasteiger partial charge in [0.25, 0.3) is 0 Å². The summed E-state index contributed by atoms with van der Waals surface area (Å²) in [6.45, 7) is 0. The summed E-state index contributed by atoms with van der Waals surface area (Å²) < 4.78 is 59.1. The highest BCUT2D eigenvalue weighted by atomic mass is 35.5. The van der Waals surface area contributed by atoms with E-state index in [2.05, 4.69) is 4.74 Å². The molecular formula is C22H21ClF2O4S. The van der Waals surface area contributed by atoms with Gasteiger partial charge in [-0.2, -0.15) is 0 Å². The van der Waals surface area contributed by atoms with Crippen molar-refractivity contribution in [3.05, 3.63) is 76.8 Å². The van der Waals surface area contributed by atoms with Crippen LogP contribution in [0.1, 0.15) is 31.2 Å². The fourth-order valence-electron chi connectivity index (χ4n) is 3.95. The van der Waals surface area contributed by atoms with Crippen molar-refractivity contribution in [2.75, 3.05) is 7.11 Å². The fourth-order valence-corrected chi connectivity index (χ4v) is 6.24. The van der Waals surface area contributed by atoms with Crippen molar-refractivity contribution in [2.45, 2.75) is 35.3 Å². The molecule has 0 aliphatic heterocycles. The summed E-state index contributed by atoms with van der Waals surface area (Å²) in [5.41, 5.74) is -0.173. The quantitative estimate of drug-likeness (QED) is 0.460. The van der Waals surface area contributed by atoms with Gasteiger partial charge in [0.05, 0.1) is 12.0 Å². The minimum absolute atomic E-state index is 0.000820. The van der Waals surface area contributed by atoms with Crippen molar-refractivity contribution in [1.29, 1.82) is 0 Å². The lowest BCUT2D eigenvalue weighted by atomic mass is 9.77. The molecule has 4 nitrogen and oxygen atoms in total. The summed E-state index contributed by atoms with van der Waals surface area (Å²) in [7, 11) is -2.81. The summed E-state index contributed by atoms with van der Waals surface area (Å²) >= 11 is 5.89. The molecule has 0 unspecified atom stereocenters. The Hall–Kier alpha value is -2.25. The second-order valence-corrected chi connectivity index (χ2v) is 9.99. The predicted molar refractivity (Wildman–Crippen MR) is 110 cm³/mol. The van der Waals surface area contributed by atoms with Crippen molar-refractivity contribution in [1.82, 2.24) is 0 Å². The number of rotatable bonds is 5. The maximum atomic E-state index is 14.8. The van der Waals surface area contributed by atoms with E-state index >= 15 is 0 Å². The monoisotopic (exact) mass is 454 g/mol. The number of halogens is 3. The number of ether oxygens (including phenoxy) is 1. The molecular weight excluding hydrogens is 434 g/mol. The minimum Gasteiger partial charge on any atom is -0.466 e. The van der Waals surface area contributed by atoms with Gasteiger partial charge < -0.3 is 4.74 Å². The summed E-state index contributed by atoms with van der Waals surface area (Å²) in [6, 6.07) is 8.54. The lowest BCUT2D eigenvalue weighted by molar-refractivity contribution is -0.134. The van der Waals surface area contributed by atoms with Crippen LogP contribution in [0.5, 0.6) is 0 Å². The lowest BCUT2D eigenvalue weighted by Gasteiger charge is -2.39. The second kappa shape index (κ2) is 8.86. The van der Waals surface area contributed by atoms with E-state index in [1.54, 1.807) is 6.08 Å². The van der Waals surface area contributed by atoms with Crippen molar-refractivity contribution >= 4 is 27.4 Å². The lowest BCUT2D eigenvalue weighted by Crippen LogP contribution is -2.40. The highest BCUT2D eigenvalue weighted by molar-refractivity contribution is 7.92. The first-order valence-corrected chi connectivity index (χ1v) is 11.3. The first-order chi connectivity index (χ1) is 14.2. The molecule has 0 heterocycles. The van der Waals surface area contributed by atoms with Crippen LogP contribution in [0.3, 0.4) is 0 Å². The molecule has 2 aromatic rings. The van der Waals surface area contributed by atoms with Gasteiger partial charge in [-0.15, -0.1) is 0 Å². The zero-order valence-electron chi connectivity index (χ0n) is 16.3. The topological polar surface area (TPSA) is 60.4 Å². The highest BCUT2D eigenvalue weighted by Crippen LogP contribution is 2.49. The molecule has 1 saturated carbocycles. The van der Waals surface area contributed by atoms with Crippen LogP contribution in [0.4, 0.5) is 8.78 Å². The van der Waals surface area contributed by atoms with Crippen molar-refractivity contribution < 1.29 is 26.7 Å². The molecule has 160 valence electrons. The maximum absolute atomic E-state index is 14.8. The van der Waals surface area contributed by atoms with Crippen LogP contribution in [0.15, 0.2) is 59.5 Å². The van der Waals surface area contributed by atoms with E-state index in [0.717, 1.165) is 18.2 Å². The molecule has 0 atom stereocenters. The molecule has 0 spiro atoms. The number of benzene rings is 2. The number of hydrogen-bond donors (Lipinski definition) is 0. The molecule has 1 aliphatic carbocycles. The number of carbonyl (C=O) groups excluding carboxylic acids is 1.